The predicted octanol–water partition coefficient (Wildman–Crippen LogP) is 1.68. The van der Waals surface area contributed by atoms with Crippen molar-refractivity contribution < 1.29 is 13.9 Å². The van der Waals surface area contributed by atoms with Crippen LogP contribution in [0.5, 0.6) is 0 Å². The lowest BCUT2D eigenvalue weighted by molar-refractivity contribution is -0.00461. The van der Waals surface area contributed by atoms with Gasteiger partial charge in [-0.25, -0.2) is 4.39 Å². The molecule has 16 heavy (non-hydrogen) atoms. The van der Waals surface area contributed by atoms with Gasteiger partial charge >= 0.3 is 0 Å². The van der Waals surface area contributed by atoms with E-state index >= 15 is 0 Å². The summed E-state index contributed by atoms with van der Waals surface area (Å²) in [6.07, 6.45) is 0.158. The first kappa shape index (κ1) is 11.4. The topological polar surface area (TPSA) is 21.7 Å². The van der Waals surface area contributed by atoms with Gasteiger partial charge in [-0.1, -0.05) is 0 Å². The summed E-state index contributed by atoms with van der Waals surface area (Å²) in [5, 5.41) is 0. The lowest BCUT2D eigenvalue weighted by Gasteiger charge is -2.17. The summed E-state index contributed by atoms with van der Waals surface area (Å²) >= 11 is 0. The molecule has 88 valence electrons. The summed E-state index contributed by atoms with van der Waals surface area (Å²) in [5.41, 5.74) is 1.00. The number of rotatable bonds is 3. The Labute approximate surface area is 94.8 Å². The molecule has 2 rings (SSSR count). The van der Waals surface area contributed by atoms with E-state index in [1.807, 2.05) is 0 Å². The third-order valence-corrected chi connectivity index (χ3v) is 3.01. The Morgan fingerprint density at radius 2 is 1.56 bits per heavy atom. The first-order chi connectivity index (χ1) is 7.74. The fraction of sp³-hybridized carbons (Fsp3) is 0.500. The van der Waals surface area contributed by atoms with Gasteiger partial charge in [0.05, 0.1) is 0 Å². The SMILES string of the molecule is COC1CN(c2ccc(F)cc2)CC1OC. The molecule has 2 atom stereocenters. The van der Waals surface area contributed by atoms with Gasteiger partial charge in [-0.2, -0.15) is 0 Å². The highest BCUT2D eigenvalue weighted by Crippen LogP contribution is 2.23. The van der Waals surface area contributed by atoms with E-state index in [2.05, 4.69) is 4.90 Å². The van der Waals surface area contributed by atoms with Crippen LogP contribution in [0.15, 0.2) is 24.3 Å². The van der Waals surface area contributed by atoms with Gasteiger partial charge in [-0.05, 0) is 24.3 Å². The minimum atomic E-state index is -0.213. The number of benzene rings is 1. The zero-order valence-electron chi connectivity index (χ0n) is 9.52. The zero-order chi connectivity index (χ0) is 11.5. The molecule has 0 bridgehead atoms. The molecule has 1 aromatic carbocycles. The second kappa shape index (κ2) is 4.80. The van der Waals surface area contributed by atoms with Crippen LogP contribution in [0.3, 0.4) is 0 Å². The summed E-state index contributed by atoms with van der Waals surface area (Å²) in [7, 11) is 3.37. The maximum absolute atomic E-state index is 12.8. The Kier molecular flexibility index (Phi) is 3.41. The molecule has 2 unspecified atom stereocenters. The molecule has 0 aromatic heterocycles. The average molecular weight is 225 g/mol. The molecule has 3 nitrogen and oxygen atoms in total. The standard InChI is InChI=1S/C12H16FNO2/c1-15-11-7-14(8-12(11)16-2)10-5-3-9(13)4-6-10/h3-6,11-12H,7-8H2,1-2H3. The van der Waals surface area contributed by atoms with Crippen LogP contribution >= 0.6 is 0 Å². The molecule has 0 radical (unpaired) electrons. The molecular weight excluding hydrogens is 209 g/mol. The maximum atomic E-state index is 12.8. The number of hydrogen-bond donors (Lipinski definition) is 0. The highest BCUT2D eigenvalue weighted by atomic mass is 19.1. The van der Waals surface area contributed by atoms with Gasteiger partial charge in [0.2, 0.25) is 0 Å². The predicted molar refractivity (Wildman–Crippen MR) is 60.2 cm³/mol. The molecule has 0 saturated carbocycles. The van der Waals surface area contributed by atoms with E-state index in [0.29, 0.717) is 0 Å². The van der Waals surface area contributed by atoms with Crippen LogP contribution in [-0.2, 0) is 9.47 Å². The molecule has 0 aliphatic carbocycles. The van der Waals surface area contributed by atoms with E-state index < -0.39 is 0 Å². The van der Waals surface area contributed by atoms with Crippen LogP contribution in [0.25, 0.3) is 0 Å². The molecule has 1 heterocycles. The lowest BCUT2D eigenvalue weighted by Crippen LogP contribution is -2.27. The molecule has 0 amide bonds. The minimum absolute atomic E-state index is 0.0788. The van der Waals surface area contributed by atoms with Crippen LogP contribution in [0, 0.1) is 5.82 Å². The molecule has 1 saturated heterocycles. The summed E-state index contributed by atoms with van der Waals surface area (Å²) in [4.78, 5) is 2.14. The van der Waals surface area contributed by atoms with Crippen molar-refractivity contribution in [1.29, 1.82) is 0 Å². The Morgan fingerprint density at radius 1 is 1.06 bits per heavy atom. The largest absolute Gasteiger partial charge is 0.377 e. The van der Waals surface area contributed by atoms with E-state index in [1.165, 1.54) is 12.1 Å². The second-order valence-electron chi connectivity index (χ2n) is 3.93. The third kappa shape index (κ3) is 2.18. The van der Waals surface area contributed by atoms with E-state index in [9.17, 15) is 4.39 Å². The van der Waals surface area contributed by atoms with E-state index in [-0.39, 0.29) is 18.0 Å². The van der Waals surface area contributed by atoms with Crippen molar-refractivity contribution in [2.24, 2.45) is 0 Å². The molecule has 0 spiro atoms. The van der Waals surface area contributed by atoms with Gasteiger partial charge in [0.15, 0.2) is 0 Å². The molecule has 1 aliphatic heterocycles. The number of anilines is 1. The van der Waals surface area contributed by atoms with Crippen LogP contribution in [0.2, 0.25) is 0 Å². The van der Waals surface area contributed by atoms with Crippen molar-refractivity contribution in [3.05, 3.63) is 30.1 Å². The summed E-state index contributed by atoms with van der Waals surface area (Å²) in [6.45, 7) is 1.56. The van der Waals surface area contributed by atoms with Gasteiger partial charge in [-0.3, -0.25) is 0 Å². The maximum Gasteiger partial charge on any atom is 0.123 e. The van der Waals surface area contributed by atoms with Crippen molar-refractivity contribution in [3.8, 4) is 0 Å². The fourth-order valence-electron chi connectivity index (χ4n) is 2.06. The van der Waals surface area contributed by atoms with Crippen LogP contribution in [-0.4, -0.2) is 39.5 Å². The van der Waals surface area contributed by atoms with E-state index in [1.54, 1.807) is 26.4 Å². The van der Waals surface area contributed by atoms with Gasteiger partial charge < -0.3 is 14.4 Å². The first-order valence-corrected chi connectivity index (χ1v) is 5.30. The quantitative estimate of drug-likeness (QED) is 0.781. The fourth-order valence-corrected chi connectivity index (χ4v) is 2.06. The van der Waals surface area contributed by atoms with Crippen molar-refractivity contribution in [3.63, 3.8) is 0 Å². The summed E-state index contributed by atoms with van der Waals surface area (Å²) in [5.74, 6) is -0.213. The number of ether oxygens (including phenoxy) is 2. The van der Waals surface area contributed by atoms with Crippen molar-refractivity contribution in [1.82, 2.24) is 0 Å². The van der Waals surface area contributed by atoms with Crippen molar-refractivity contribution in [2.45, 2.75) is 12.2 Å². The number of halogens is 1. The first-order valence-electron chi connectivity index (χ1n) is 5.30. The average Bonchev–Trinajstić information content (AvgIpc) is 2.73. The Hall–Kier alpha value is -1.13. The van der Waals surface area contributed by atoms with Crippen LogP contribution < -0.4 is 4.90 Å². The number of methoxy groups -OCH3 is 2. The molecule has 4 heteroatoms. The minimum Gasteiger partial charge on any atom is -0.377 e. The number of hydrogen-bond acceptors (Lipinski definition) is 3. The van der Waals surface area contributed by atoms with Gasteiger partial charge in [0, 0.05) is 33.0 Å². The monoisotopic (exact) mass is 225 g/mol. The normalized spacial score (nSPS) is 25.1. The molecule has 1 aromatic rings. The zero-order valence-corrected chi connectivity index (χ0v) is 9.52. The third-order valence-electron chi connectivity index (χ3n) is 3.01. The van der Waals surface area contributed by atoms with Crippen LogP contribution in [0.4, 0.5) is 10.1 Å². The van der Waals surface area contributed by atoms with Crippen molar-refractivity contribution in [2.75, 3.05) is 32.2 Å². The second-order valence-corrected chi connectivity index (χ2v) is 3.93. The van der Waals surface area contributed by atoms with Gasteiger partial charge in [0.25, 0.3) is 0 Å². The highest BCUT2D eigenvalue weighted by Gasteiger charge is 2.32. The molecule has 0 N–H and O–H groups in total. The highest BCUT2D eigenvalue weighted by molar-refractivity contribution is 5.47. The van der Waals surface area contributed by atoms with Crippen molar-refractivity contribution >= 4 is 5.69 Å². The van der Waals surface area contributed by atoms with Crippen LogP contribution in [0.1, 0.15) is 0 Å². The van der Waals surface area contributed by atoms with Gasteiger partial charge in [0.1, 0.15) is 18.0 Å². The summed E-state index contributed by atoms with van der Waals surface area (Å²) in [6, 6.07) is 6.49. The molecule has 1 aliphatic rings. The Morgan fingerprint density at radius 3 is 2.00 bits per heavy atom. The van der Waals surface area contributed by atoms with E-state index in [0.717, 1.165) is 18.8 Å². The lowest BCUT2D eigenvalue weighted by atomic mass is 10.3. The Balaban J connectivity index is 2.09. The summed E-state index contributed by atoms with van der Waals surface area (Å²) < 4.78 is 23.5. The van der Waals surface area contributed by atoms with E-state index in [4.69, 9.17) is 9.47 Å². The van der Waals surface area contributed by atoms with Gasteiger partial charge in [-0.15, -0.1) is 0 Å². The number of nitrogens with zero attached hydrogens (tertiary/aromatic N) is 1. The Bertz CT molecular complexity index is 329. The smallest absolute Gasteiger partial charge is 0.123 e. The molecule has 1 fully saturated rings. The molecular formula is C12H16FNO2.